The number of unbranched alkanes of at least 4 members (excludes halogenated alkanes) is 1. The van der Waals surface area contributed by atoms with Crippen LogP contribution < -0.4 is 5.73 Å². The van der Waals surface area contributed by atoms with E-state index in [-0.39, 0.29) is 12.4 Å². The summed E-state index contributed by atoms with van der Waals surface area (Å²) in [5.74, 6) is -0.271. The number of hydrogen-bond donors (Lipinski definition) is 1. The van der Waals surface area contributed by atoms with Gasteiger partial charge in [-0.05, 0) is 18.6 Å². The summed E-state index contributed by atoms with van der Waals surface area (Å²) in [6, 6.07) is 6.64. The summed E-state index contributed by atoms with van der Waals surface area (Å²) in [5.41, 5.74) is 7.49. The quantitative estimate of drug-likeness (QED) is 0.883. The van der Waals surface area contributed by atoms with E-state index in [1.807, 2.05) is 0 Å². The first-order valence-corrected chi connectivity index (χ1v) is 6.15. The van der Waals surface area contributed by atoms with Crippen LogP contribution in [0.1, 0.15) is 25.5 Å². The molecule has 4 nitrogen and oxygen atoms in total. The van der Waals surface area contributed by atoms with Crippen molar-refractivity contribution in [2.24, 2.45) is 5.73 Å². The van der Waals surface area contributed by atoms with Crippen molar-refractivity contribution < 1.29 is 4.39 Å². The minimum atomic E-state index is -0.271. The van der Waals surface area contributed by atoms with Crippen molar-refractivity contribution >= 4 is 0 Å². The second-order valence-corrected chi connectivity index (χ2v) is 4.15. The van der Waals surface area contributed by atoms with E-state index >= 15 is 0 Å². The number of rotatable bonds is 5. The summed E-state index contributed by atoms with van der Waals surface area (Å²) in [7, 11) is 0. The Morgan fingerprint density at radius 1 is 1.33 bits per heavy atom. The first kappa shape index (κ1) is 12.7. The number of benzene rings is 1. The maximum atomic E-state index is 13.9. The van der Waals surface area contributed by atoms with E-state index in [9.17, 15) is 4.39 Å². The molecule has 2 N–H and O–H groups in total. The Hall–Kier alpha value is -1.75. The van der Waals surface area contributed by atoms with Crippen LogP contribution in [0.2, 0.25) is 0 Å². The van der Waals surface area contributed by atoms with E-state index in [2.05, 4.69) is 17.2 Å². The van der Waals surface area contributed by atoms with Gasteiger partial charge in [0, 0.05) is 18.7 Å². The Kier molecular flexibility index (Phi) is 4.04. The third-order valence-electron chi connectivity index (χ3n) is 2.85. The molecule has 0 fully saturated rings. The zero-order valence-corrected chi connectivity index (χ0v) is 10.4. The lowest BCUT2D eigenvalue weighted by molar-refractivity contribution is 0.554. The molecule has 1 aromatic carbocycles. The van der Waals surface area contributed by atoms with Crippen molar-refractivity contribution in [2.75, 3.05) is 0 Å². The maximum Gasteiger partial charge on any atom is 0.132 e. The fourth-order valence-corrected chi connectivity index (χ4v) is 1.90. The van der Waals surface area contributed by atoms with Gasteiger partial charge < -0.3 is 5.73 Å². The molecule has 1 heterocycles. The van der Waals surface area contributed by atoms with E-state index in [4.69, 9.17) is 5.73 Å². The van der Waals surface area contributed by atoms with Crippen LogP contribution in [0.5, 0.6) is 0 Å². The van der Waals surface area contributed by atoms with Crippen LogP contribution in [0.15, 0.2) is 24.3 Å². The minimum Gasteiger partial charge on any atom is -0.325 e. The van der Waals surface area contributed by atoms with Gasteiger partial charge in [-0.2, -0.15) is 0 Å². The average Bonchev–Trinajstić information content (AvgIpc) is 2.79. The molecule has 0 aliphatic carbocycles. The Morgan fingerprint density at radius 3 is 2.78 bits per heavy atom. The highest BCUT2D eigenvalue weighted by molar-refractivity contribution is 5.62. The van der Waals surface area contributed by atoms with E-state index in [1.54, 1.807) is 22.9 Å². The predicted molar refractivity (Wildman–Crippen MR) is 68.2 cm³/mol. The Balaban J connectivity index is 2.47. The molecule has 96 valence electrons. The molecule has 0 unspecified atom stereocenters. The third-order valence-corrected chi connectivity index (χ3v) is 2.85. The summed E-state index contributed by atoms with van der Waals surface area (Å²) in [6.45, 7) is 3.09. The molecule has 2 aromatic rings. The summed E-state index contributed by atoms with van der Waals surface area (Å²) in [4.78, 5) is 0. The molecular formula is C13H17FN4. The van der Waals surface area contributed by atoms with Gasteiger partial charge in [0.05, 0.1) is 5.69 Å². The molecule has 0 saturated carbocycles. The number of nitrogens with zero attached hydrogens (tertiary/aromatic N) is 3. The van der Waals surface area contributed by atoms with Crippen LogP contribution in [0, 0.1) is 5.82 Å². The molecule has 0 aliphatic heterocycles. The van der Waals surface area contributed by atoms with Gasteiger partial charge >= 0.3 is 0 Å². The number of aromatic nitrogens is 3. The van der Waals surface area contributed by atoms with Gasteiger partial charge in [-0.25, -0.2) is 9.07 Å². The smallest absolute Gasteiger partial charge is 0.132 e. The molecule has 0 spiro atoms. The van der Waals surface area contributed by atoms with Gasteiger partial charge in [0.1, 0.15) is 11.5 Å². The number of hydrogen-bond acceptors (Lipinski definition) is 3. The first-order chi connectivity index (χ1) is 8.77. The number of aryl methyl sites for hydroxylation is 1. The van der Waals surface area contributed by atoms with Gasteiger partial charge in [-0.1, -0.05) is 30.7 Å². The predicted octanol–water partition coefficient (Wildman–Crippen LogP) is 2.34. The topological polar surface area (TPSA) is 56.7 Å². The SMILES string of the molecule is CCCCn1nnc(CN)c1-c1ccccc1F. The van der Waals surface area contributed by atoms with Crippen molar-refractivity contribution in [1.29, 1.82) is 0 Å². The molecule has 5 heteroatoms. The molecule has 1 aromatic heterocycles. The lowest BCUT2D eigenvalue weighted by Crippen LogP contribution is -2.05. The summed E-state index contributed by atoms with van der Waals surface area (Å²) in [6.07, 6.45) is 2.03. The largest absolute Gasteiger partial charge is 0.325 e. The summed E-state index contributed by atoms with van der Waals surface area (Å²) < 4.78 is 15.6. The van der Waals surface area contributed by atoms with Crippen molar-refractivity contribution in [2.45, 2.75) is 32.9 Å². The highest BCUT2D eigenvalue weighted by atomic mass is 19.1. The van der Waals surface area contributed by atoms with Crippen LogP contribution in [-0.4, -0.2) is 15.0 Å². The minimum absolute atomic E-state index is 0.260. The van der Waals surface area contributed by atoms with Crippen LogP contribution in [0.25, 0.3) is 11.3 Å². The van der Waals surface area contributed by atoms with Crippen molar-refractivity contribution in [3.05, 3.63) is 35.8 Å². The van der Waals surface area contributed by atoms with Crippen molar-refractivity contribution in [3.8, 4) is 11.3 Å². The van der Waals surface area contributed by atoms with E-state index in [0.29, 0.717) is 17.0 Å². The molecular weight excluding hydrogens is 231 g/mol. The zero-order valence-electron chi connectivity index (χ0n) is 10.4. The van der Waals surface area contributed by atoms with Crippen LogP contribution >= 0.6 is 0 Å². The van der Waals surface area contributed by atoms with Gasteiger partial charge in [0.15, 0.2) is 0 Å². The van der Waals surface area contributed by atoms with Crippen molar-refractivity contribution in [3.63, 3.8) is 0 Å². The van der Waals surface area contributed by atoms with E-state index in [1.165, 1.54) is 6.07 Å². The van der Waals surface area contributed by atoms with Crippen LogP contribution in [-0.2, 0) is 13.1 Å². The molecule has 0 aliphatic rings. The first-order valence-electron chi connectivity index (χ1n) is 6.15. The summed E-state index contributed by atoms with van der Waals surface area (Å²) >= 11 is 0. The van der Waals surface area contributed by atoms with Gasteiger partial charge in [-0.3, -0.25) is 0 Å². The van der Waals surface area contributed by atoms with Gasteiger partial charge in [0.2, 0.25) is 0 Å². The second-order valence-electron chi connectivity index (χ2n) is 4.15. The second kappa shape index (κ2) is 5.73. The van der Waals surface area contributed by atoms with Crippen LogP contribution in [0.3, 0.4) is 0 Å². The molecule has 0 atom stereocenters. The van der Waals surface area contributed by atoms with Crippen molar-refractivity contribution in [1.82, 2.24) is 15.0 Å². The molecule has 0 saturated heterocycles. The molecule has 0 amide bonds. The zero-order chi connectivity index (χ0) is 13.0. The maximum absolute atomic E-state index is 13.9. The Morgan fingerprint density at radius 2 is 2.11 bits per heavy atom. The van der Waals surface area contributed by atoms with E-state index in [0.717, 1.165) is 19.4 Å². The number of halogens is 1. The molecule has 18 heavy (non-hydrogen) atoms. The third kappa shape index (κ3) is 2.41. The van der Waals surface area contributed by atoms with E-state index < -0.39 is 0 Å². The van der Waals surface area contributed by atoms with Crippen LogP contribution in [0.4, 0.5) is 4.39 Å². The Bertz CT molecular complexity index is 521. The molecule has 0 bridgehead atoms. The normalized spacial score (nSPS) is 10.8. The lowest BCUT2D eigenvalue weighted by Gasteiger charge is -2.08. The van der Waals surface area contributed by atoms with Gasteiger partial charge in [-0.15, -0.1) is 5.10 Å². The monoisotopic (exact) mass is 248 g/mol. The molecule has 2 rings (SSSR count). The highest BCUT2D eigenvalue weighted by Gasteiger charge is 2.16. The number of nitrogens with two attached hydrogens (primary N) is 1. The highest BCUT2D eigenvalue weighted by Crippen LogP contribution is 2.25. The van der Waals surface area contributed by atoms with Gasteiger partial charge in [0.25, 0.3) is 0 Å². The lowest BCUT2D eigenvalue weighted by atomic mass is 10.1. The average molecular weight is 248 g/mol. The fourth-order valence-electron chi connectivity index (χ4n) is 1.90. The summed E-state index contributed by atoms with van der Waals surface area (Å²) in [5, 5.41) is 8.09. The standard InChI is InChI=1S/C13H17FN4/c1-2-3-8-18-13(12(9-15)16-17-18)10-6-4-5-7-11(10)14/h4-7H,2-3,8-9,15H2,1H3. The molecule has 0 radical (unpaired) electrons. The fraction of sp³-hybridized carbons (Fsp3) is 0.385. The Labute approximate surface area is 106 Å².